The zero-order chi connectivity index (χ0) is 16.5. The Morgan fingerprint density at radius 1 is 1.45 bits per heavy atom. The van der Waals surface area contributed by atoms with E-state index < -0.39 is 0 Å². The molecule has 2 aromatic rings. The number of halogens is 2. The van der Waals surface area contributed by atoms with Gasteiger partial charge in [-0.25, -0.2) is 4.98 Å². The Morgan fingerprint density at radius 3 is 2.86 bits per heavy atom. The summed E-state index contributed by atoms with van der Waals surface area (Å²) in [4.78, 5) is 4.40. The molecule has 0 aliphatic carbocycles. The van der Waals surface area contributed by atoms with E-state index in [1.807, 2.05) is 26.0 Å². The molecule has 0 bridgehead atoms. The van der Waals surface area contributed by atoms with Crippen molar-refractivity contribution in [2.75, 3.05) is 12.3 Å². The second kappa shape index (κ2) is 10.7. The fourth-order valence-electron chi connectivity index (χ4n) is 2.18. The molecule has 124 valence electrons. The van der Waals surface area contributed by atoms with Gasteiger partial charge in [0.15, 0.2) is 0 Å². The van der Waals surface area contributed by atoms with E-state index in [1.165, 1.54) is 9.21 Å². The van der Waals surface area contributed by atoms with Crippen molar-refractivity contribution in [3.8, 4) is 0 Å². The Balaban J connectivity index is 0.00000116. The zero-order valence-electron chi connectivity index (χ0n) is 13.2. The second-order valence-electron chi connectivity index (χ2n) is 4.85. The van der Waals surface area contributed by atoms with E-state index in [0.717, 1.165) is 41.5 Å². The fourth-order valence-corrected chi connectivity index (χ4v) is 3.25. The SMILES string of the molecule is CC.CC(CCCn1c(N)nc2cc(Br)ccc21)COSI. The summed E-state index contributed by atoms with van der Waals surface area (Å²) in [7, 11) is 1.40. The fraction of sp³-hybridized carbons (Fsp3) is 0.533. The average Bonchev–Trinajstić information content (AvgIpc) is 2.82. The molecule has 22 heavy (non-hydrogen) atoms. The van der Waals surface area contributed by atoms with E-state index in [-0.39, 0.29) is 0 Å². The molecule has 1 aromatic carbocycles. The molecule has 0 saturated carbocycles. The first-order valence-electron chi connectivity index (χ1n) is 7.43. The first-order chi connectivity index (χ1) is 10.6. The summed E-state index contributed by atoms with van der Waals surface area (Å²) in [5, 5.41) is 0. The van der Waals surface area contributed by atoms with Crippen LogP contribution in [-0.2, 0) is 10.7 Å². The number of aryl methyl sites for hydroxylation is 1. The van der Waals surface area contributed by atoms with Gasteiger partial charge in [0.2, 0.25) is 5.95 Å². The van der Waals surface area contributed by atoms with E-state index in [9.17, 15) is 0 Å². The van der Waals surface area contributed by atoms with Gasteiger partial charge in [0, 0.05) is 32.2 Å². The monoisotopic (exact) mass is 499 g/mol. The third kappa shape index (κ3) is 5.90. The summed E-state index contributed by atoms with van der Waals surface area (Å²) in [6, 6.07) is 6.08. The van der Waals surface area contributed by atoms with Crippen molar-refractivity contribution in [2.24, 2.45) is 5.92 Å². The number of nitrogens with zero attached hydrogens (tertiary/aromatic N) is 2. The van der Waals surface area contributed by atoms with Crippen LogP contribution < -0.4 is 5.73 Å². The van der Waals surface area contributed by atoms with E-state index in [0.29, 0.717) is 11.9 Å². The molecular weight excluding hydrogens is 477 g/mol. The Kier molecular flexibility index (Phi) is 9.77. The number of anilines is 1. The normalized spacial score (nSPS) is 12.0. The molecule has 2 rings (SSSR count). The molecule has 0 radical (unpaired) electrons. The van der Waals surface area contributed by atoms with Crippen molar-refractivity contribution in [3.63, 3.8) is 0 Å². The van der Waals surface area contributed by atoms with Gasteiger partial charge in [-0.1, -0.05) is 36.7 Å². The van der Waals surface area contributed by atoms with Gasteiger partial charge in [0.1, 0.15) is 0 Å². The number of hydrogen-bond donors (Lipinski definition) is 1. The molecule has 0 amide bonds. The highest BCUT2D eigenvalue weighted by Crippen LogP contribution is 2.23. The van der Waals surface area contributed by atoms with Gasteiger partial charge in [0.05, 0.1) is 26.9 Å². The zero-order valence-corrected chi connectivity index (χ0v) is 17.7. The number of hydrogen-bond acceptors (Lipinski definition) is 4. The van der Waals surface area contributed by atoms with Gasteiger partial charge >= 0.3 is 0 Å². The van der Waals surface area contributed by atoms with Crippen LogP contribution in [0.25, 0.3) is 11.0 Å². The second-order valence-corrected chi connectivity index (χ2v) is 7.21. The molecule has 7 heteroatoms. The molecule has 2 N–H and O–H groups in total. The van der Waals surface area contributed by atoms with Crippen LogP contribution in [0.15, 0.2) is 22.7 Å². The lowest BCUT2D eigenvalue weighted by Crippen LogP contribution is -2.07. The van der Waals surface area contributed by atoms with Gasteiger partial charge in [0.25, 0.3) is 0 Å². The number of imidazole rings is 1. The van der Waals surface area contributed by atoms with Crippen molar-refractivity contribution in [1.82, 2.24) is 9.55 Å². The lowest BCUT2D eigenvalue weighted by molar-refractivity contribution is 0.289. The van der Waals surface area contributed by atoms with Crippen LogP contribution in [0, 0.1) is 5.92 Å². The Hall–Kier alpha value is 0.01000. The van der Waals surface area contributed by atoms with Crippen LogP contribution in [0.4, 0.5) is 5.95 Å². The maximum atomic E-state index is 6.01. The highest BCUT2D eigenvalue weighted by molar-refractivity contribution is 14.2. The van der Waals surface area contributed by atoms with Gasteiger partial charge < -0.3 is 14.5 Å². The lowest BCUT2D eigenvalue weighted by atomic mass is 10.1. The summed E-state index contributed by atoms with van der Waals surface area (Å²) < 4.78 is 8.45. The van der Waals surface area contributed by atoms with Crippen molar-refractivity contribution in [2.45, 2.75) is 40.2 Å². The summed E-state index contributed by atoms with van der Waals surface area (Å²) in [6.45, 7) is 7.89. The summed E-state index contributed by atoms with van der Waals surface area (Å²) >= 11 is 5.60. The summed E-state index contributed by atoms with van der Waals surface area (Å²) in [5.41, 5.74) is 8.04. The number of nitrogen functional groups attached to an aromatic ring is 1. The highest BCUT2D eigenvalue weighted by atomic mass is 127. The number of aromatic nitrogens is 2. The van der Waals surface area contributed by atoms with E-state index in [1.54, 1.807) is 0 Å². The van der Waals surface area contributed by atoms with Gasteiger partial charge in [-0.3, -0.25) is 0 Å². The quantitative estimate of drug-likeness (QED) is 0.384. The minimum atomic E-state index is 0.558. The minimum Gasteiger partial charge on any atom is -0.369 e. The molecule has 0 saturated heterocycles. The summed E-state index contributed by atoms with van der Waals surface area (Å²) in [5.74, 6) is 1.15. The average molecular weight is 500 g/mol. The van der Waals surface area contributed by atoms with E-state index in [4.69, 9.17) is 9.92 Å². The molecule has 0 aliphatic heterocycles. The molecule has 1 aromatic heterocycles. The third-order valence-electron chi connectivity index (χ3n) is 3.22. The molecule has 1 unspecified atom stereocenters. The van der Waals surface area contributed by atoms with Crippen molar-refractivity contribution in [3.05, 3.63) is 22.7 Å². The Labute approximate surface area is 157 Å². The third-order valence-corrected chi connectivity index (χ3v) is 4.70. The first kappa shape index (κ1) is 20.1. The molecule has 4 nitrogen and oxygen atoms in total. The molecule has 1 heterocycles. The Bertz CT molecular complexity index is 579. The van der Waals surface area contributed by atoms with Crippen molar-refractivity contribution in [1.29, 1.82) is 0 Å². The highest BCUT2D eigenvalue weighted by Gasteiger charge is 2.09. The summed E-state index contributed by atoms with van der Waals surface area (Å²) in [6.07, 6.45) is 2.19. The topological polar surface area (TPSA) is 53.1 Å². The number of fused-ring (bicyclic) bond motifs is 1. The van der Waals surface area contributed by atoms with Crippen LogP contribution in [0.1, 0.15) is 33.6 Å². The standard InChI is InChI=1S/C13H17BrIN3OS.C2H6/c1-9(8-19-20-15)3-2-6-18-12-5-4-10(14)7-11(12)17-13(18)16;1-2/h4-5,7,9H,2-3,6,8H2,1H3,(H2,16,17);1-2H3. The molecule has 0 spiro atoms. The number of rotatable bonds is 7. The predicted octanol–water partition coefficient (Wildman–Crippen LogP) is 5.84. The maximum Gasteiger partial charge on any atom is 0.201 e. The van der Waals surface area contributed by atoms with Crippen molar-refractivity contribution < 1.29 is 4.18 Å². The largest absolute Gasteiger partial charge is 0.369 e. The molecule has 1 atom stereocenters. The van der Waals surface area contributed by atoms with E-state index in [2.05, 4.69) is 59.7 Å². The van der Waals surface area contributed by atoms with Crippen LogP contribution >= 0.6 is 46.3 Å². The van der Waals surface area contributed by atoms with Crippen LogP contribution in [0.2, 0.25) is 0 Å². The van der Waals surface area contributed by atoms with Gasteiger partial charge in [-0.2, -0.15) is 0 Å². The van der Waals surface area contributed by atoms with Gasteiger partial charge in [-0.15, -0.1) is 0 Å². The minimum absolute atomic E-state index is 0.558. The van der Waals surface area contributed by atoms with Crippen LogP contribution in [0.3, 0.4) is 0 Å². The smallest absolute Gasteiger partial charge is 0.201 e. The first-order valence-corrected chi connectivity index (χ1v) is 11.5. The van der Waals surface area contributed by atoms with Crippen LogP contribution in [-0.4, -0.2) is 16.2 Å². The Morgan fingerprint density at radius 2 is 2.18 bits per heavy atom. The number of benzene rings is 1. The predicted molar refractivity (Wildman–Crippen MR) is 109 cm³/mol. The van der Waals surface area contributed by atoms with E-state index >= 15 is 0 Å². The van der Waals surface area contributed by atoms with Crippen LogP contribution in [0.5, 0.6) is 0 Å². The van der Waals surface area contributed by atoms with Crippen molar-refractivity contribution >= 4 is 63.3 Å². The van der Waals surface area contributed by atoms with Gasteiger partial charge in [-0.05, 0) is 37.0 Å². The molecule has 0 aliphatic rings. The molecular formula is C15H23BrIN3OS. The lowest BCUT2D eigenvalue weighted by Gasteiger charge is -2.11. The number of nitrogens with two attached hydrogens (primary N) is 1. The maximum absolute atomic E-state index is 6.01. The molecule has 0 fully saturated rings.